The quantitative estimate of drug-likeness (QED) is 0.554. The molecule has 2 aromatic rings. The van der Waals surface area contributed by atoms with Gasteiger partial charge in [0.1, 0.15) is 0 Å². The maximum absolute atomic E-state index is 6.29. The second-order valence-corrected chi connectivity index (χ2v) is 6.96. The molecule has 0 fully saturated rings. The van der Waals surface area contributed by atoms with E-state index in [0.29, 0.717) is 0 Å². The number of hydrogen-bond acceptors (Lipinski definition) is 2. The SMILES string of the molecule is COc1ccc(CC(Br)c2ccc(Br)cc2Cl)cc1OC. The summed E-state index contributed by atoms with van der Waals surface area (Å²) in [4.78, 5) is 0.135. The molecular formula is C16H15Br2ClO2. The summed E-state index contributed by atoms with van der Waals surface area (Å²) >= 11 is 13.4. The first-order valence-electron chi connectivity index (χ1n) is 6.35. The first kappa shape index (κ1) is 16.7. The van der Waals surface area contributed by atoms with Crippen molar-refractivity contribution in [2.24, 2.45) is 0 Å². The minimum absolute atomic E-state index is 0.135. The fraction of sp³-hybridized carbons (Fsp3) is 0.250. The summed E-state index contributed by atoms with van der Waals surface area (Å²) in [5.41, 5.74) is 2.21. The molecule has 2 aromatic carbocycles. The third kappa shape index (κ3) is 4.15. The van der Waals surface area contributed by atoms with Crippen molar-refractivity contribution in [2.45, 2.75) is 11.2 Å². The summed E-state index contributed by atoms with van der Waals surface area (Å²) in [5, 5.41) is 0.742. The molecule has 2 nitrogen and oxygen atoms in total. The van der Waals surface area contributed by atoms with E-state index in [-0.39, 0.29) is 4.83 Å². The van der Waals surface area contributed by atoms with Crippen LogP contribution >= 0.6 is 43.5 Å². The second kappa shape index (κ2) is 7.52. The zero-order valence-corrected chi connectivity index (χ0v) is 15.6. The zero-order valence-electron chi connectivity index (χ0n) is 11.7. The average molecular weight is 435 g/mol. The van der Waals surface area contributed by atoms with Gasteiger partial charge in [-0.1, -0.05) is 55.6 Å². The molecular weight excluding hydrogens is 419 g/mol. The fourth-order valence-electron chi connectivity index (χ4n) is 2.08. The molecule has 1 atom stereocenters. The standard InChI is InChI=1S/C16H15Br2ClO2/c1-20-15-6-3-10(8-16(15)21-2)7-13(18)12-5-4-11(17)9-14(12)19/h3-6,8-9,13H,7H2,1-2H3. The summed E-state index contributed by atoms with van der Waals surface area (Å²) in [7, 11) is 3.27. The third-order valence-electron chi connectivity index (χ3n) is 3.16. The van der Waals surface area contributed by atoms with E-state index in [2.05, 4.69) is 31.9 Å². The highest BCUT2D eigenvalue weighted by atomic mass is 79.9. The van der Waals surface area contributed by atoms with Gasteiger partial charge in [0.05, 0.1) is 14.2 Å². The molecule has 1 unspecified atom stereocenters. The van der Waals surface area contributed by atoms with Gasteiger partial charge in [-0.25, -0.2) is 0 Å². The predicted molar refractivity (Wildman–Crippen MR) is 94.1 cm³/mol. The topological polar surface area (TPSA) is 18.5 Å². The number of halogens is 3. The van der Waals surface area contributed by atoms with E-state index in [1.165, 1.54) is 0 Å². The van der Waals surface area contributed by atoms with Gasteiger partial charge in [0.25, 0.3) is 0 Å². The lowest BCUT2D eigenvalue weighted by molar-refractivity contribution is 0.354. The number of ether oxygens (including phenoxy) is 2. The molecule has 5 heteroatoms. The number of benzene rings is 2. The van der Waals surface area contributed by atoms with Crippen LogP contribution in [0.15, 0.2) is 40.9 Å². The highest BCUT2D eigenvalue weighted by molar-refractivity contribution is 9.10. The van der Waals surface area contributed by atoms with Crippen LogP contribution in [0.25, 0.3) is 0 Å². The highest BCUT2D eigenvalue weighted by Crippen LogP contribution is 2.35. The van der Waals surface area contributed by atoms with E-state index in [0.717, 1.165) is 38.5 Å². The molecule has 0 aromatic heterocycles. The Morgan fingerprint density at radius 2 is 1.76 bits per heavy atom. The van der Waals surface area contributed by atoms with Crippen molar-refractivity contribution < 1.29 is 9.47 Å². The van der Waals surface area contributed by atoms with Gasteiger partial charge >= 0.3 is 0 Å². The van der Waals surface area contributed by atoms with Gasteiger partial charge in [0, 0.05) is 14.3 Å². The van der Waals surface area contributed by atoms with Crippen LogP contribution < -0.4 is 9.47 Å². The number of methoxy groups -OCH3 is 2. The van der Waals surface area contributed by atoms with Gasteiger partial charge in [0.2, 0.25) is 0 Å². The van der Waals surface area contributed by atoms with Gasteiger partial charge in [-0.15, -0.1) is 0 Å². The minimum Gasteiger partial charge on any atom is -0.493 e. The Hall–Kier alpha value is -0.710. The van der Waals surface area contributed by atoms with E-state index in [1.807, 2.05) is 36.4 Å². The largest absolute Gasteiger partial charge is 0.493 e. The molecule has 2 rings (SSSR count). The molecule has 0 aliphatic heterocycles. The van der Waals surface area contributed by atoms with Crippen LogP contribution in [-0.4, -0.2) is 14.2 Å². The fourth-order valence-corrected chi connectivity index (χ4v) is 3.79. The molecule has 0 radical (unpaired) electrons. The maximum Gasteiger partial charge on any atom is 0.160 e. The Kier molecular flexibility index (Phi) is 5.97. The summed E-state index contributed by atoms with van der Waals surface area (Å²) in [6, 6.07) is 11.8. The smallest absolute Gasteiger partial charge is 0.160 e. The van der Waals surface area contributed by atoms with E-state index < -0.39 is 0 Å². The zero-order chi connectivity index (χ0) is 15.4. The van der Waals surface area contributed by atoms with E-state index in [4.69, 9.17) is 21.1 Å². The Bertz CT molecular complexity index is 632. The van der Waals surface area contributed by atoms with Gasteiger partial charge in [-0.05, 0) is 41.8 Å². The Morgan fingerprint density at radius 3 is 2.38 bits per heavy atom. The van der Waals surface area contributed by atoms with E-state index in [1.54, 1.807) is 14.2 Å². The molecule has 0 aliphatic carbocycles. The number of rotatable bonds is 5. The first-order valence-corrected chi connectivity index (χ1v) is 8.43. The Morgan fingerprint density at radius 1 is 1.05 bits per heavy atom. The van der Waals surface area contributed by atoms with Crippen molar-refractivity contribution >= 4 is 43.5 Å². The van der Waals surface area contributed by atoms with Crippen LogP contribution in [0.3, 0.4) is 0 Å². The van der Waals surface area contributed by atoms with Crippen molar-refractivity contribution in [3.05, 3.63) is 57.0 Å². The van der Waals surface area contributed by atoms with Crippen molar-refractivity contribution in [1.82, 2.24) is 0 Å². The van der Waals surface area contributed by atoms with Crippen molar-refractivity contribution in [3.63, 3.8) is 0 Å². The Balaban J connectivity index is 2.21. The summed E-state index contributed by atoms with van der Waals surface area (Å²) in [5.74, 6) is 1.46. The molecule has 0 bridgehead atoms. The van der Waals surface area contributed by atoms with E-state index >= 15 is 0 Å². The molecule has 0 aliphatic rings. The lowest BCUT2D eigenvalue weighted by atomic mass is 10.0. The van der Waals surface area contributed by atoms with Crippen LogP contribution in [0.5, 0.6) is 11.5 Å². The van der Waals surface area contributed by atoms with Crippen molar-refractivity contribution in [1.29, 1.82) is 0 Å². The molecule has 0 heterocycles. The highest BCUT2D eigenvalue weighted by Gasteiger charge is 2.14. The average Bonchev–Trinajstić information content (AvgIpc) is 2.46. The summed E-state index contributed by atoms with van der Waals surface area (Å²) < 4.78 is 11.6. The Labute approximate surface area is 146 Å². The molecule has 0 N–H and O–H groups in total. The monoisotopic (exact) mass is 432 g/mol. The van der Waals surface area contributed by atoms with Crippen LogP contribution in [0.4, 0.5) is 0 Å². The molecule has 0 saturated heterocycles. The van der Waals surface area contributed by atoms with Gasteiger partial charge < -0.3 is 9.47 Å². The molecule has 21 heavy (non-hydrogen) atoms. The summed E-state index contributed by atoms with van der Waals surface area (Å²) in [6.45, 7) is 0. The second-order valence-electron chi connectivity index (χ2n) is 4.53. The van der Waals surface area contributed by atoms with Crippen LogP contribution in [-0.2, 0) is 6.42 Å². The molecule has 0 spiro atoms. The van der Waals surface area contributed by atoms with E-state index in [9.17, 15) is 0 Å². The first-order chi connectivity index (χ1) is 10.0. The number of hydrogen-bond donors (Lipinski definition) is 0. The van der Waals surface area contributed by atoms with Gasteiger partial charge in [-0.3, -0.25) is 0 Å². The third-order valence-corrected chi connectivity index (χ3v) is 4.80. The number of alkyl halides is 1. The summed E-state index contributed by atoms with van der Waals surface area (Å²) in [6.07, 6.45) is 0.807. The molecule has 0 saturated carbocycles. The predicted octanol–water partition coefficient (Wildman–Crippen LogP) is 5.80. The molecule has 112 valence electrons. The van der Waals surface area contributed by atoms with Crippen molar-refractivity contribution in [3.8, 4) is 11.5 Å². The maximum atomic E-state index is 6.29. The van der Waals surface area contributed by atoms with Crippen LogP contribution in [0.2, 0.25) is 5.02 Å². The van der Waals surface area contributed by atoms with Crippen molar-refractivity contribution in [2.75, 3.05) is 14.2 Å². The van der Waals surface area contributed by atoms with Crippen LogP contribution in [0.1, 0.15) is 16.0 Å². The van der Waals surface area contributed by atoms with Gasteiger partial charge in [0.15, 0.2) is 11.5 Å². The normalized spacial score (nSPS) is 12.0. The lowest BCUT2D eigenvalue weighted by Crippen LogP contribution is -1.98. The van der Waals surface area contributed by atoms with Crippen LogP contribution in [0, 0.1) is 0 Å². The minimum atomic E-state index is 0.135. The lowest BCUT2D eigenvalue weighted by Gasteiger charge is -2.14. The van der Waals surface area contributed by atoms with Gasteiger partial charge in [-0.2, -0.15) is 0 Å². The molecule has 0 amide bonds.